The molecule has 0 unspecified atom stereocenters. The number of rotatable bonds is 5. The highest BCUT2D eigenvalue weighted by atomic mass is 19.4. The lowest BCUT2D eigenvalue weighted by atomic mass is 9.81. The monoisotopic (exact) mass is 492 g/mol. The molecular formula is C27H39F3N4O. The van der Waals surface area contributed by atoms with Gasteiger partial charge in [0.05, 0.1) is 22.8 Å². The third-order valence-corrected chi connectivity index (χ3v) is 6.27. The summed E-state index contributed by atoms with van der Waals surface area (Å²) >= 11 is 0. The first-order valence-corrected chi connectivity index (χ1v) is 12.2. The Labute approximate surface area is 206 Å². The number of aromatic nitrogens is 2. The van der Waals surface area contributed by atoms with E-state index in [0.717, 1.165) is 18.2 Å². The van der Waals surface area contributed by atoms with Crippen molar-refractivity contribution in [3.05, 3.63) is 53.3 Å². The van der Waals surface area contributed by atoms with E-state index in [2.05, 4.69) is 31.4 Å². The van der Waals surface area contributed by atoms with E-state index in [0.29, 0.717) is 12.0 Å². The molecule has 3 atom stereocenters. The van der Waals surface area contributed by atoms with Crippen LogP contribution >= 0.6 is 0 Å². The van der Waals surface area contributed by atoms with Gasteiger partial charge in [-0.25, -0.2) is 0 Å². The maximum Gasteiger partial charge on any atom is 0.416 e. The number of amides is 1. The van der Waals surface area contributed by atoms with Gasteiger partial charge in [-0.1, -0.05) is 32.9 Å². The van der Waals surface area contributed by atoms with Gasteiger partial charge >= 0.3 is 6.18 Å². The Balaban J connectivity index is 1.93. The van der Waals surface area contributed by atoms with E-state index in [4.69, 9.17) is 5.10 Å². The summed E-state index contributed by atoms with van der Waals surface area (Å²) in [7, 11) is 0. The van der Waals surface area contributed by atoms with Crippen molar-refractivity contribution in [2.75, 3.05) is 0 Å². The van der Waals surface area contributed by atoms with Crippen LogP contribution in [0.5, 0.6) is 0 Å². The Morgan fingerprint density at radius 2 is 1.74 bits per heavy atom. The van der Waals surface area contributed by atoms with Crippen LogP contribution in [-0.2, 0) is 16.5 Å². The first kappa shape index (κ1) is 27.2. The van der Waals surface area contributed by atoms with Crippen LogP contribution in [0.4, 0.5) is 13.2 Å². The highest BCUT2D eigenvalue weighted by Gasteiger charge is 2.42. The highest BCUT2D eigenvalue weighted by molar-refractivity contribution is 5.83. The van der Waals surface area contributed by atoms with Crippen LogP contribution in [0.15, 0.2) is 36.5 Å². The van der Waals surface area contributed by atoms with Crippen LogP contribution in [0.1, 0.15) is 97.0 Å². The van der Waals surface area contributed by atoms with E-state index >= 15 is 0 Å². The molecule has 1 aliphatic rings. The molecule has 1 saturated heterocycles. The summed E-state index contributed by atoms with van der Waals surface area (Å²) in [6.07, 6.45) is -1.32. The fourth-order valence-electron chi connectivity index (χ4n) is 5.20. The average Bonchev–Trinajstić information content (AvgIpc) is 3.32. The van der Waals surface area contributed by atoms with E-state index in [-0.39, 0.29) is 22.8 Å². The second-order valence-electron chi connectivity index (χ2n) is 12.6. The van der Waals surface area contributed by atoms with Crippen molar-refractivity contribution in [3.63, 3.8) is 0 Å². The summed E-state index contributed by atoms with van der Waals surface area (Å²) in [4.78, 5) is 13.3. The van der Waals surface area contributed by atoms with Gasteiger partial charge in [-0.2, -0.15) is 18.3 Å². The number of carbonyl (C=O) groups is 1. The molecule has 35 heavy (non-hydrogen) atoms. The third-order valence-electron chi connectivity index (χ3n) is 6.27. The standard InChI is InChI=1S/C27H39F3N4O/c1-24(2,3)16-26(7,8)32-23(35)21-15-19(20-12-13-34(33-20)25(4,5)6)22(31-21)17-10-9-11-18(14-17)27(28,29)30/h9-14,19,21-22,31H,15-16H2,1-8H3,(H,32,35)/t19-,21-,22-/m0/s1. The van der Waals surface area contributed by atoms with Crippen molar-refractivity contribution in [1.82, 2.24) is 20.4 Å². The molecule has 0 aliphatic carbocycles. The normalized spacial score (nSPS) is 21.9. The number of halogens is 3. The topological polar surface area (TPSA) is 59.0 Å². The SMILES string of the molecule is CC(C)(C)CC(C)(C)NC(=O)[C@@H]1C[C@@H](c2ccn(C(C)(C)C)n2)[C@H](c2cccc(C(F)(F)F)c2)N1. The molecule has 3 rings (SSSR count). The average molecular weight is 493 g/mol. The summed E-state index contributed by atoms with van der Waals surface area (Å²) in [6, 6.07) is 6.24. The van der Waals surface area contributed by atoms with Crippen molar-refractivity contribution in [2.24, 2.45) is 5.41 Å². The van der Waals surface area contributed by atoms with Crippen LogP contribution in [0, 0.1) is 5.41 Å². The second kappa shape index (κ2) is 9.26. The van der Waals surface area contributed by atoms with Gasteiger partial charge < -0.3 is 5.32 Å². The molecule has 2 aromatic rings. The van der Waals surface area contributed by atoms with E-state index in [1.807, 2.05) is 51.6 Å². The zero-order valence-corrected chi connectivity index (χ0v) is 22.0. The third kappa shape index (κ3) is 6.87. The lowest BCUT2D eigenvalue weighted by Crippen LogP contribution is -2.51. The molecule has 1 aromatic carbocycles. The lowest BCUT2D eigenvalue weighted by molar-refractivity contribution is -0.137. The first-order chi connectivity index (χ1) is 15.9. The van der Waals surface area contributed by atoms with E-state index in [1.165, 1.54) is 12.1 Å². The zero-order valence-electron chi connectivity index (χ0n) is 22.0. The summed E-state index contributed by atoms with van der Waals surface area (Å²) in [6.45, 7) is 16.5. The van der Waals surface area contributed by atoms with Gasteiger partial charge in [0.2, 0.25) is 5.91 Å². The van der Waals surface area contributed by atoms with Gasteiger partial charge in [0.15, 0.2) is 0 Å². The zero-order chi connectivity index (χ0) is 26.4. The number of benzene rings is 1. The number of nitrogens with one attached hydrogen (secondary N) is 2. The van der Waals surface area contributed by atoms with Crippen molar-refractivity contribution in [2.45, 2.75) is 103 Å². The van der Waals surface area contributed by atoms with Gasteiger partial charge in [0, 0.05) is 23.7 Å². The Morgan fingerprint density at radius 1 is 1.09 bits per heavy atom. The van der Waals surface area contributed by atoms with Crippen LogP contribution < -0.4 is 10.6 Å². The maximum absolute atomic E-state index is 13.4. The Kier molecular flexibility index (Phi) is 7.21. The first-order valence-electron chi connectivity index (χ1n) is 12.2. The van der Waals surface area contributed by atoms with Crippen molar-refractivity contribution < 1.29 is 18.0 Å². The quantitative estimate of drug-likeness (QED) is 0.524. The fraction of sp³-hybridized carbons (Fsp3) is 0.630. The smallest absolute Gasteiger partial charge is 0.350 e. The molecule has 0 saturated carbocycles. The van der Waals surface area contributed by atoms with Gasteiger partial charge in [0.25, 0.3) is 0 Å². The van der Waals surface area contributed by atoms with E-state index < -0.39 is 29.4 Å². The predicted octanol–water partition coefficient (Wildman–Crippen LogP) is 6.17. The molecule has 8 heteroatoms. The Bertz CT molecular complexity index is 1040. The molecular weight excluding hydrogens is 453 g/mol. The van der Waals surface area contributed by atoms with Crippen molar-refractivity contribution >= 4 is 5.91 Å². The molecule has 5 nitrogen and oxygen atoms in total. The van der Waals surface area contributed by atoms with Gasteiger partial charge in [-0.15, -0.1) is 0 Å². The minimum absolute atomic E-state index is 0.0305. The molecule has 194 valence electrons. The number of hydrogen-bond donors (Lipinski definition) is 2. The number of carbonyl (C=O) groups excluding carboxylic acids is 1. The maximum atomic E-state index is 13.4. The Morgan fingerprint density at radius 3 is 2.29 bits per heavy atom. The molecule has 1 fully saturated rings. The molecule has 0 bridgehead atoms. The molecule has 1 amide bonds. The summed E-state index contributed by atoms with van der Waals surface area (Å²) in [5, 5.41) is 11.2. The van der Waals surface area contributed by atoms with Gasteiger partial charge in [-0.3, -0.25) is 14.8 Å². The van der Waals surface area contributed by atoms with Crippen LogP contribution in [0.2, 0.25) is 0 Å². The predicted molar refractivity (Wildman–Crippen MR) is 132 cm³/mol. The van der Waals surface area contributed by atoms with Crippen molar-refractivity contribution in [1.29, 1.82) is 0 Å². The number of hydrogen-bond acceptors (Lipinski definition) is 3. The summed E-state index contributed by atoms with van der Waals surface area (Å²) < 4.78 is 42.2. The minimum atomic E-state index is -4.44. The Hall–Kier alpha value is -2.35. The molecule has 1 aromatic heterocycles. The minimum Gasteiger partial charge on any atom is -0.350 e. The van der Waals surface area contributed by atoms with Gasteiger partial charge in [0.1, 0.15) is 0 Å². The van der Waals surface area contributed by atoms with E-state index in [9.17, 15) is 18.0 Å². The van der Waals surface area contributed by atoms with Crippen LogP contribution in [-0.4, -0.2) is 27.3 Å². The summed E-state index contributed by atoms with van der Waals surface area (Å²) in [5.74, 6) is -0.391. The largest absolute Gasteiger partial charge is 0.416 e. The number of nitrogens with zero attached hydrogens (tertiary/aromatic N) is 2. The molecule has 2 N–H and O–H groups in total. The second-order valence-corrected chi connectivity index (χ2v) is 12.6. The lowest BCUT2D eigenvalue weighted by Gasteiger charge is -2.34. The molecule has 2 heterocycles. The van der Waals surface area contributed by atoms with Crippen molar-refractivity contribution in [3.8, 4) is 0 Å². The summed E-state index contributed by atoms with van der Waals surface area (Å²) in [5.41, 5.74) is -0.0605. The highest BCUT2D eigenvalue weighted by Crippen LogP contribution is 2.42. The molecule has 0 radical (unpaired) electrons. The van der Waals surface area contributed by atoms with Crippen LogP contribution in [0.25, 0.3) is 0 Å². The number of alkyl halides is 3. The molecule has 0 spiro atoms. The molecule has 1 aliphatic heterocycles. The fourth-order valence-corrected chi connectivity index (χ4v) is 5.20. The van der Waals surface area contributed by atoms with Crippen LogP contribution in [0.3, 0.4) is 0 Å². The van der Waals surface area contributed by atoms with E-state index in [1.54, 1.807) is 6.07 Å². The van der Waals surface area contributed by atoms with Gasteiger partial charge in [-0.05, 0) is 76.6 Å².